The van der Waals surface area contributed by atoms with Crippen molar-refractivity contribution in [2.24, 2.45) is 5.10 Å². The third-order valence-electron chi connectivity index (χ3n) is 5.68. The molecule has 2 aromatic heterocycles. The third-order valence-corrected chi connectivity index (χ3v) is 8.09. The highest BCUT2D eigenvalue weighted by molar-refractivity contribution is 9.11. The van der Waals surface area contributed by atoms with Gasteiger partial charge in [-0.1, -0.05) is 6.07 Å². The van der Waals surface area contributed by atoms with E-state index in [0.717, 1.165) is 36.1 Å². The Morgan fingerprint density at radius 1 is 1.18 bits per heavy atom. The number of thiophene rings is 1. The molecule has 2 aromatic carbocycles. The number of aromatic nitrogens is 2. The Bertz CT molecular complexity index is 1500. The van der Waals surface area contributed by atoms with E-state index in [-0.39, 0.29) is 11.3 Å². The van der Waals surface area contributed by atoms with E-state index in [2.05, 4.69) is 47.4 Å². The van der Waals surface area contributed by atoms with E-state index in [0.29, 0.717) is 31.1 Å². The van der Waals surface area contributed by atoms with Crippen molar-refractivity contribution in [2.45, 2.75) is 25.7 Å². The molecule has 4 aromatic rings. The minimum Gasteiger partial charge on any atom is -0.506 e. The molecule has 1 aliphatic carbocycles. The molecule has 10 heteroatoms. The molecule has 1 amide bonds. The summed E-state index contributed by atoms with van der Waals surface area (Å²) in [5.74, 6) is -0.325. The first-order valence-electron chi connectivity index (χ1n) is 10.6. The summed E-state index contributed by atoms with van der Waals surface area (Å²) in [6.45, 7) is 0. The van der Waals surface area contributed by atoms with Crippen molar-refractivity contribution >= 4 is 65.5 Å². The van der Waals surface area contributed by atoms with Crippen LogP contribution in [0.5, 0.6) is 5.75 Å². The Hall–Kier alpha value is -2.82. The van der Waals surface area contributed by atoms with Crippen molar-refractivity contribution in [2.75, 3.05) is 0 Å². The number of hydrazone groups is 1. The number of hydrogen-bond donors (Lipinski definition) is 2. The molecule has 0 saturated carbocycles. The summed E-state index contributed by atoms with van der Waals surface area (Å²) in [7, 11) is 0. The van der Waals surface area contributed by atoms with Gasteiger partial charge in [0.25, 0.3) is 11.5 Å². The van der Waals surface area contributed by atoms with E-state index in [1.54, 1.807) is 47.7 Å². The molecular formula is C24H18Br2N4O3S. The average molecular weight is 602 g/mol. The van der Waals surface area contributed by atoms with Crippen LogP contribution in [0.15, 0.2) is 61.6 Å². The Kier molecular flexibility index (Phi) is 6.37. The molecule has 0 saturated heterocycles. The van der Waals surface area contributed by atoms with Crippen LogP contribution in [0, 0.1) is 0 Å². The summed E-state index contributed by atoms with van der Waals surface area (Å²) in [6, 6.07) is 10.2. The van der Waals surface area contributed by atoms with Gasteiger partial charge in [-0.3, -0.25) is 14.2 Å². The van der Waals surface area contributed by atoms with E-state index < -0.39 is 5.91 Å². The molecule has 5 rings (SSSR count). The van der Waals surface area contributed by atoms with Gasteiger partial charge in [-0.2, -0.15) is 5.10 Å². The molecule has 34 heavy (non-hydrogen) atoms. The number of nitrogens with one attached hydrogen (secondary N) is 1. The van der Waals surface area contributed by atoms with Crippen molar-refractivity contribution in [3.8, 4) is 11.4 Å². The fourth-order valence-corrected chi connectivity index (χ4v) is 6.46. The van der Waals surface area contributed by atoms with Crippen LogP contribution in [0.25, 0.3) is 15.9 Å². The molecule has 0 spiro atoms. The zero-order chi connectivity index (χ0) is 23.8. The van der Waals surface area contributed by atoms with Crippen LogP contribution in [0.2, 0.25) is 0 Å². The second-order valence-electron chi connectivity index (χ2n) is 7.89. The first kappa shape index (κ1) is 22.9. The number of phenols is 1. The zero-order valence-corrected chi connectivity index (χ0v) is 21.7. The lowest BCUT2D eigenvalue weighted by Crippen LogP contribution is -2.21. The Morgan fingerprint density at radius 3 is 2.74 bits per heavy atom. The van der Waals surface area contributed by atoms with Crippen LogP contribution in [0.4, 0.5) is 0 Å². The highest BCUT2D eigenvalue weighted by Crippen LogP contribution is 2.34. The summed E-state index contributed by atoms with van der Waals surface area (Å²) >= 11 is 8.13. The van der Waals surface area contributed by atoms with Gasteiger partial charge in [0, 0.05) is 10.4 Å². The number of aryl methyl sites for hydroxylation is 2. The van der Waals surface area contributed by atoms with Gasteiger partial charge < -0.3 is 5.11 Å². The van der Waals surface area contributed by atoms with Crippen molar-refractivity contribution in [3.05, 3.63) is 83.6 Å². The Balaban J connectivity index is 1.40. The topological polar surface area (TPSA) is 96.6 Å². The molecular weight excluding hydrogens is 584 g/mol. The summed E-state index contributed by atoms with van der Waals surface area (Å²) in [6.07, 6.45) is 7.15. The smallest absolute Gasteiger partial charge is 0.271 e. The van der Waals surface area contributed by atoms with Crippen LogP contribution in [-0.2, 0) is 12.8 Å². The number of halogens is 2. The second-order valence-corrected chi connectivity index (χ2v) is 10.7. The van der Waals surface area contributed by atoms with Gasteiger partial charge in [-0.15, -0.1) is 11.3 Å². The van der Waals surface area contributed by atoms with Gasteiger partial charge in [0.15, 0.2) is 0 Å². The van der Waals surface area contributed by atoms with Gasteiger partial charge in [0.1, 0.15) is 16.9 Å². The largest absolute Gasteiger partial charge is 0.506 e. The lowest BCUT2D eigenvalue weighted by atomic mass is 9.97. The molecule has 0 fully saturated rings. The number of rotatable bonds is 4. The van der Waals surface area contributed by atoms with Crippen molar-refractivity contribution in [3.63, 3.8) is 0 Å². The summed E-state index contributed by atoms with van der Waals surface area (Å²) < 4.78 is 2.51. The molecule has 7 nitrogen and oxygen atoms in total. The first-order valence-corrected chi connectivity index (χ1v) is 13.0. The van der Waals surface area contributed by atoms with Crippen molar-refractivity contribution < 1.29 is 9.90 Å². The molecule has 0 aliphatic heterocycles. The number of carbonyl (C=O) groups excluding carboxylic acids is 1. The number of phenolic OH excluding ortho intramolecular Hbond substituents is 1. The molecule has 0 unspecified atom stereocenters. The average Bonchev–Trinajstić information content (AvgIpc) is 3.22. The van der Waals surface area contributed by atoms with E-state index >= 15 is 0 Å². The maximum absolute atomic E-state index is 13.3. The van der Waals surface area contributed by atoms with Crippen LogP contribution in [0.1, 0.15) is 39.2 Å². The van der Waals surface area contributed by atoms with Gasteiger partial charge in [-0.05, 0) is 99.0 Å². The molecule has 0 bridgehead atoms. The van der Waals surface area contributed by atoms with E-state index in [1.807, 2.05) is 0 Å². The molecule has 172 valence electrons. The van der Waals surface area contributed by atoms with Crippen molar-refractivity contribution in [1.29, 1.82) is 0 Å². The van der Waals surface area contributed by atoms with Crippen molar-refractivity contribution in [1.82, 2.24) is 15.0 Å². The Morgan fingerprint density at radius 2 is 1.94 bits per heavy atom. The van der Waals surface area contributed by atoms with Gasteiger partial charge in [0.2, 0.25) is 0 Å². The monoisotopic (exact) mass is 600 g/mol. The number of nitrogens with zero attached hydrogens (tertiary/aromatic N) is 3. The van der Waals surface area contributed by atoms with E-state index in [4.69, 9.17) is 0 Å². The normalized spacial score (nSPS) is 13.4. The van der Waals surface area contributed by atoms with Gasteiger partial charge in [0.05, 0.1) is 26.2 Å². The summed E-state index contributed by atoms with van der Waals surface area (Å²) in [4.78, 5) is 32.6. The highest BCUT2D eigenvalue weighted by Gasteiger charge is 2.20. The molecule has 1 aliphatic rings. The summed E-state index contributed by atoms with van der Waals surface area (Å²) in [5.41, 5.74) is 5.13. The lowest BCUT2D eigenvalue weighted by Gasteiger charge is -2.11. The predicted molar refractivity (Wildman–Crippen MR) is 140 cm³/mol. The maximum Gasteiger partial charge on any atom is 0.271 e. The number of amides is 1. The number of aromatic hydroxyl groups is 1. The molecule has 2 heterocycles. The van der Waals surface area contributed by atoms with Crippen LogP contribution in [0.3, 0.4) is 0 Å². The van der Waals surface area contributed by atoms with E-state index in [1.165, 1.54) is 22.0 Å². The minimum atomic E-state index is -0.412. The van der Waals surface area contributed by atoms with Gasteiger partial charge >= 0.3 is 0 Å². The van der Waals surface area contributed by atoms with Crippen LogP contribution >= 0.6 is 43.2 Å². The minimum absolute atomic E-state index is 0.0869. The number of hydrogen-bond acceptors (Lipinski definition) is 6. The quantitative estimate of drug-likeness (QED) is 0.244. The maximum atomic E-state index is 13.3. The van der Waals surface area contributed by atoms with E-state index in [9.17, 15) is 14.7 Å². The SMILES string of the molecule is O=C(N/N=C/c1cc(Br)c(O)c(Br)c1)c1cccc(-n2cnc3sc4c(c3c2=O)CCCC4)c1. The number of benzene rings is 2. The first-order chi connectivity index (χ1) is 16.4. The fraction of sp³-hybridized carbons (Fsp3) is 0.167. The second kappa shape index (κ2) is 9.44. The molecule has 0 atom stereocenters. The molecule has 0 radical (unpaired) electrons. The standard InChI is InChI=1S/C24H18Br2N4O3S/c25-17-8-13(9-18(26)21(17)31)11-28-29-22(32)14-4-3-5-15(10-14)30-12-27-23-20(24(30)33)16-6-1-2-7-19(16)34-23/h3-5,8-12,31H,1-2,6-7H2,(H,29,32)/b28-11+. The number of fused-ring (bicyclic) bond motifs is 3. The number of carbonyl (C=O) groups is 1. The van der Waals surface area contributed by atoms with Gasteiger partial charge in [-0.25, -0.2) is 10.4 Å². The summed E-state index contributed by atoms with van der Waals surface area (Å²) in [5, 5.41) is 14.5. The molecule has 2 N–H and O–H groups in total. The Labute approximate surface area is 215 Å². The predicted octanol–water partition coefficient (Wildman–Crippen LogP) is 5.32. The van der Waals surface area contributed by atoms with Crippen LogP contribution < -0.4 is 11.0 Å². The highest BCUT2D eigenvalue weighted by atomic mass is 79.9. The third kappa shape index (κ3) is 4.33. The fourth-order valence-electron chi connectivity index (χ4n) is 4.02. The zero-order valence-electron chi connectivity index (χ0n) is 17.7. The lowest BCUT2D eigenvalue weighted by molar-refractivity contribution is 0.0955. The van der Waals surface area contributed by atoms with Crippen LogP contribution in [-0.4, -0.2) is 26.8 Å².